The van der Waals surface area contributed by atoms with E-state index in [1.165, 1.54) is 19.2 Å². The second kappa shape index (κ2) is 7.51. The number of aliphatic hydroxyl groups is 3. The van der Waals surface area contributed by atoms with Crippen LogP contribution in [0.2, 0.25) is 0 Å². The molecule has 21 heavy (non-hydrogen) atoms. The second-order valence-corrected chi connectivity index (χ2v) is 5.13. The number of benzene rings is 1. The summed E-state index contributed by atoms with van der Waals surface area (Å²) in [6.45, 7) is 3.54. The van der Waals surface area contributed by atoms with E-state index < -0.39 is 24.0 Å². The van der Waals surface area contributed by atoms with E-state index in [9.17, 15) is 20.1 Å². The quantitative estimate of drug-likeness (QED) is 0.517. The van der Waals surface area contributed by atoms with E-state index in [0.29, 0.717) is 6.42 Å². The Morgan fingerprint density at radius 3 is 2.43 bits per heavy atom. The summed E-state index contributed by atoms with van der Waals surface area (Å²) in [4.78, 5) is 12.1. The smallest absolute Gasteiger partial charge is 0.338 e. The highest BCUT2D eigenvalue weighted by atomic mass is 16.6. The molecule has 0 fully saturated rings. The highest BCUT2D eigenvalue weighted by Crippen LogP contribution is 2.27. The number of methoxy groups -OCH3 is 1. The van der Waals surface area contributed by atoms with Crippen molar-refractivity contribution >= 4 is 5.97 Å². The van der Waals surface area contributed by atoms with Gasteiger partial charge in [-0.2, -0.15) is 0 Å². The molecule has 0 saturated carbocycles. The SMILES string of the molecule is CCC(C)(COC(=O)c1ccccc1C(O)O)C(O)OC. The van der Waals surface area contributed by atoms with E-state index in [2.05, 4.69) is 0 Å². The molecule has 0 aliphatic rings. The predicted molar refractivity (Wildman–Crippen MR) is 75.3 cm³/mol. The normalized spacial score (nSPS) is 15.6. The monoisotopic (exact) mass is 298 g/mol. The van der Waals surface area contributed by atoms with E-state index in [1.54, 1.807) is 19.1 Å². The van der Waals surface area contributed by atoms with Crippen LogP contribution in [-0.2, 0) is 9.47 Å². The number of carbonyl (C=O) groups is 1. The van der Waals surface area contributed by atoms with Crippen molar-refractivity contribution in [2.24, 2.45) is 5.41 Å². The lowest BCUT2D eigenvalue weighted by molar-refractivity contribution is -0.167. The summed E-state index contributed by atoms with van der Waals surface area (Å²) in [6.07, 6.45) is -2.27. The average molecular weight is 298 g/mol. The Hall–Kier alpha value is -1.47. The van der Waals surface area contributed by atoms with Crippen LogP contribution in [-0.4, -0.2) is 41.3 Å². The van der Waals surface area contributed by atoms with Crippen molar-refractivity contribution in [3.63, 3.8) is 0 Å². The van der Waals surface area contributed by atoms with Crippen LogP contribution in [0.5, 0.6) is 0 Å². The third kappa shape index (κ3) is 4.25. The first kappa shape index (κ1) is 17.6. The summed E-state index contributed by atoms with van der Waals surface area (Å²) in [5.74, 6) is -0.679. The van der Waals surface area contributed by atoms with E-state index in [4.69, 9.17) is 9.47 Å². The largest absolute Gasteiger partial charge is 0.461 e. The molecule has 0 heterocycles. The predicted octanol–water partition coefficient (Wildman–Crippen LogP) is 1.21. The number of hydrogen-bond acceptors (Lipinski definition) is 6. The summed E-state index contributed by atoms with van der Waals surface area (Å²) in [5, 5.41) is 28.3. The van der Waals surface area contributed by atoms with Gasteiger partial charge in [0, 0.05) is 12.7 Å². The van der Waals surface area contributed by atoms with Gasteiger partial charge in [0.2, 0.25) is 0 Å². The number of rotatable bonds is 7. The molecule has 1 aromatic rings. The third-order valence-electron chi connectivity index (χ3n) is 3.62. The molecule has 0 bridgehead atoms. The molecule has 0 radical (unpaired) electrons. The van der Waals surface area contributed by atoms with Crippen molar-refractivity contribution in [1.29, 1.82) is 0 Å². The van der Waals surface area contributed by atoms with Gasteiger partial charge in [0.25, 0.3) is 0 Å². The maximum atomic E-state index is 12.1. The zero-order valence-electron chi connectivity index (χ0n) is 12.4. The molecule has 2 unspecified atom stereocenters. The van der Waals surface area contributed by atoms with Crippen LogP contribution in [0.15, 0.2) is 24.3 Å². The highest BCUT2D eigenvalue weighted by Gasteiger charge is 2.33. The zero-order valence-corrected chi connectivity index (χ0v) is 12.4. The average Bonchev–Trinajstić information content (AvgIpc) is 2.51. The van der Waals surface area contributed by atoms with E-state index in [-0.39, 0.29) is 17.7 Å². The third-order valence-corrected chi connectivity index (χ3v) is 3.62. The van der Waals surface area contributed by atoms with Crippen LogP contribution in [0.3, 0.4) is 0 Å². The van der Waals surface area contributed by atoms with Crippen LogP contribution in [0.25, 0.3) is 0 Å². The van der Waals surface area contributed by atoms with Gasteiger partial charge in [-0.3, -0.25) is 0 Å². The lowest BCUT2D eigenvalue weighted by Crippen LogP contribution is -2.38. The maximum absolute atomic E-state index is 12.1. The van der Waals surface area contributed by atoms with Gasteiger partial charge < -0.3 is 24.8 Å². The second-order valence-electron chi connectivity index (χ2n) is 5.13. The molecular weight excluding hydrogens is 276 g/mol. The molecule has 3 N–H and O–H groups in total. The van der Waals surface area contributed by atoms with Crippen molar-refractivity contribution in [2.75, 3.05) is 13.7 Å². The lowest BCUT2D eigenvalue weighted by atomic mass is 9.88. The molecule has 0 amide bonds. The minimum absolute atomic E-state index is 0.0484. The Bertz CT molecular complexity index is 473. The summed E-state index contributed by atoms with van der Waals surface area (Å²) >= 11 is 0. The number of ether oxygens (including phenoxy) is 2. The van der Waals surface area contributed by atoms with Crippen molar-refractivity contribution in [3.05, 3.63) is 35.4 Å². The summed E-state index contributed by atoms with van der Waals surface area (Å²) < 4.78 is 10.1. The van der Waals surface area contributed by atoms with Gasteiger partial charge in [0.15, 0.2) is 12.6 Å². The summed E-state index contributed by atoms with van der Waals surface area (Å²) in [6, 6.07) is 6.08. The van der Waals surface area contributed by atoms with Gasteiger partial charge in [0.1, 0.15) is 6.61 Å². The Morgan fingerprint density at radius 1 is 1.29 bits per heavy atom. The highest BCUT2D eigenvalue weighted by molar-refractivity contribution is 5.91. The van der Waals surface area contributed by atoms with Gasteiger partial charge >= 0.3 is 5.97 Å². The van der Waals surface area contributed by atoms with Crippen molar-refractivity contribution in [1.82, 2.24) is 0 Å². The van der Waals surface area contributed by atoms with Gasteiger partial charge in [-0.15, -0.1) is 0 Å². The van der Waals surface area contributed by atoms with Crippen LogP contribution < -0.4 is 0 Å². The number of carbonyl (C=O) groups excluding carboxylic acids is 1. The molecular formula is C15H22O6. The van der Waals surface area contributed by atoms with Gasteiger partial charge in [-0.05, 0) is 12.5 Å². The fourth-order valence-electron chi connectivity index (χ4n) is 1.85. The van der Waals surface area contributed by atoms with Crippen LogP contribution in [0, 0.1) is 5.41 Å². The first-order valence-corrected chi connectivity index (χ1v) is 6.68. The first-order chi connectivity index (χ1) is 9.85. The van der Waals surface area contributed by atoms with Crippen LogP contribution in [0.1, 0.15) is 42.5 Å². The standard InChI is InChI=1S/C15H22O6/c1-4-15(2,14(19)20-3)9-21-13(18)11-8-6-5-7-10(11)12(16)17/h5-8,12,14,16-17,19H,4,9H2,1-3H3. The van der Waals surface area contributed by atoms with Gasteiger partial charge in [0.05, 0.1) is 11.0 Å². The van der Waals surface area contributed by atoms with E-state index >= 15 is 0 Å². The summed E-state index contributed by atoms with van der Waals surface area (Å²) in [7, 11) is 1.37. The minimum Gasteiger partial charge on any atom is -0.461 e. The first-order valence-electron chi connectivity index (χ1n) is 6.68. The van der Waals surface area contributed by atoms with Crippen LogP contribution in [0.4, 0.5) is 0 Å². The Morgan fingerprint density at radius 2 is 1.90 bits per heavy atom. The molecule has 0 saturated heterocycles. The molecule has 6 heteroatoms. The molecule has 2 atom stereocenters. The molecule has 1 aromatic carbocycles. The van der Waals surface area contributed by atoms with Gasteiger partial charge in [-0.1, -0.05) is 32.0 Å². The van der Waals surface area contributed by atoms with Crippen molar-refractivity contribution in [3.8, 4) is 0 Å². The number of aliphatic hydroxyl groups excluding tert-OH is 2. The molecule has 1 rings (SSSR count). The van der Waals surface area contributed by atoms with E-state index in [0.717, 1.165) is 0 Å². The molecule has 0 aromatic heterocycles. The van der Waals surface area contributed by atoms with Crippen molar-refractivity contribution < 1.29 is 29.6 Å². The van der Waals surface area contributed by atoms with Gasteiger partial charge in [-0.25, -0.2) is 4.79 Å². The Labute approximate surface area is 123 Å². The fraction of sp³-hybridized carbons (Fsp3) is 0.533. The summed E-state index contributed by atoms with van der Waals surface area (Å²) in [5.41, 5.74) is -0.581. The molecule has 0 aliphatic heterocycles. The molecule has 6 nitrogen and oxygen atoms in total. The fourth-order valence-corrected chi connectivity index (χ4v) is 1.85. The maximum Gasteiger partial charge on any atom is 0.338 e. The number of hydrogen-bond donors (Lipinski definition) is 3. The van der Waals surface area contributed by atoms with Crippen LogP contribution >= 0.6 is 0 Å². The topological polar surface area (TPSA) is 96.2 Å². The minimum atomic E-state index is -1.75. The van der Waals surface area contributed by atoms with E-state index in [1.807, 2.05) is 6.92 Å². The Kier molecular flexibility index (Phi) is 6.29. The zero-order chi connectivity index (χ0) is 16.0. The molecule has 0 spiro atoms. The number of esters is 1. The Balaban J connectivity index is 2.83. The molecule has 118 valence electrons. The van der Waals surface area contributed by atoms with Crippen molar-refractivity contribution in [2.45, 2.75) is 32.8 Å². The lowest BCUT2D eigenvalue weighted by Gasteiger charge is -2.31. The molecule has 0 aliphatic carbocycles.